The van der Waals surface area contributed by atoms with Gasteiger partial charge >= 0.3 is 0 Å². The zero-order valence-corrected chi connectivity index (χ0v) is 13.5. The third kappa shape index (κ3) is 2.20. The number of piperidine rings is 1. The van der Waals surface area contributed by atoms with Crippen LogP contribution in [-0.4, -0.2) is 43.1 Å². The summed E-state index contributed by atoms with van der Waals surface area (Å²) in [6.45, 7) is 1.97. The van der Waals surface area contributed by atoms with E-state index in [0.717, 1.165) is 55.4 Å². The highest BCUT2D eigenvalue weighted by atomic mass is 32.1. The van der Waals surface area contributed by atoms with Gasteiger partial charge < -0.3 is 4.90 Å². The SMILES string of the molecule is c1nnc(N2CCC(c3nnc4cc5c(nn34)CCC5)CC2)s1. The van der Waals surface area contributed by atoms with Gasteiger partial charge in [0.1, 0.15) is 5.51 Å². The molecule has 0 unspecified atom stereocenters. The van der Waals surface area contributed by atoms with Crippen LogP contribution in [0.4, 0.5) is 5.13 Å². The fourth-order valence-electron chi connectivity index (χ4n) is 3.68. The fraction of sp³-hybridized carbons (Fsp3) is 0.533. The van der Waals surface area contributed by atoms with Gasteiger partial charge in [-0.3, -0.25) is 0 Å². The van der Waals surface area contributed by atoms with Gasteiger partial charge in [0.15, 0.2) is 11.5 Å². The molecule has 118 valence electrons. The molecule has 0 saturated carbocycles. The highest BCUT2D eigenvalue weighted by molar-refractivity contribution is 7.13. The van der Waals surface area contributed by atoms with Crippen LogP contribution in [0.3, 0.4) is 0 Å². The average Bonchev–Trinajstić information content (AvgIpc) is 3.33. The summed E-state index contributed by atoms with van der Waals surface area (Å²) in [7, 11) is 0. The summed E-state index contributed by atoms with van der Waals surface area (Å²) in [5.41, 5.74) is 5.26. The molecular formula is C15H17N7S. The lowest BCUT2D eigenvalue weighted by Crippen LogP contribution is -2.33. The summed E-state index contributed by atoms with van der Waals surface area (Å²) in [6, 6.07) is 2.17. The van der Waals surface area contributed by atoms with E-state index in [9.17, 15) is 0 Å². The van der Waals surface area contributed by atoms with Gasteiger partial charge in [-0.05, 0) is 43.7 Å². The number of rotatable bonds is 2. The van der Waals surface area contributed by atoms with E-state index in [4.69, 9.17) is 5.10 Å². The van der Waals surface area contributed by atoms with Crippen molar-refractivity contribution in [3.63, 3.8) is 0 Å². The Bertz CT molecular complexity index is 833. The molecule has 0 radical (unpaired) electrons. The highest BCUT2D eigenvalue weighted by Gasteiger charge is 2.27. The van der Waals surface area contributed by atoms with E-state index >= 15 is 0 Å². The lowest BCUT2D eigenvalue weighted by molar-refractivity contribution is 0.475. The molecule has 2 aliphatic rings. The molecule has 7 nitrogen and oxygen atoms in total. The van der Waals surface area contributed by atoms with Gasteiger partial charge in [0.25, 0.3) is 0 Å². The molecule has 0 aromatic carbocycles. The smallest absolute Gasteiger partial charge is 0.208 e. The van der Waals surface area contributed by atoms with Gasteiger partial charge in [-0.25, -0.2) is 0 Å². The third-order valence-electron chi connectivity index (χ3n) is 4.92. The van der Waals surface area contributed by atoms with Crippen molar-refractivity contribution in [2.45, 2.75) is 38.0 Å². The zero-order chi connectivity index (χ0) is 15.2. The molecule has 0 bridgehead atoms. The number of aryl methyl sites for hydroxylation is 2. The molecule has 0 N–H and O–H groups in total. The summed E-state index contributed by atoms with van der Waals surface area (Å²) in [5, 5.41) is 22.7. The van der Waals surface area contributed by atoms with Crippen LogP contribution in [0, 0.1) is 0 Å². The Morgan fingerprint density at radius 2 is 2.00 bits per heavy atom. The second-order valence-corrected chi connectivity index (χ2v) is 7.09. The molecule has 23 heavy (non-hydrogen) atoms. The second-order valence-electron chi connectivity index (χ2n) is 6.28. The van der Waals surface area contributed by atoms with Gasteiger partial charge in [-0.2, -0.15) is 9.61 Å². The van der Waals surface area contributed by atoms with Crippen LogP contribution in [-0.2, 0) is 12.8 Å². The highest BCUT2D eigenvalue weighted by Crippen LogP contribution is 2.30. The maximum Gasteiger partial charge on any atom is 0.208 e. The predicted octanol–water partition coefficient (Wildman–Crippen LogP) is 1.85. The largest absolute Gasteiger partial charge is 0.347 e. The first-order valence-corrected chi connectivity index (χ1v) is 9.02. The van der Waals surface area contributed by atoms with Gasteiger partial charge in [0.05, 0.1) is 5.69 Å². The first-order valence-electron chi connectivity index (χ1n) is 8.14. The summed E-state index contributed by atoms with van der Waals surface area (Å²) < 4.78 is 1.98. The fourth-order valence-corrected chi connectivity index (χ4v) is 4.30. The Kier molecular flexibility index (Phi) is 3.04. The Morgan fingerprint density at radius 3 is 2.83 bits per heavy atom. The first-order chi connectivity index (χ1) is 11.4. The van der Waals surface area contributed by atoms with Gasteiger partial charge in [0, 0.05) is 19.0 Å². The lowest BCUT2D eigenvalue weighted by Gasteiger charge is -2.30. The Balaban J connectivity index is 1.41. The van der Waals surface area contributed by atoms with Crippen molar-refractivity contribution in [3.8, 4) is 0 Å². The number of hydrogen-bond acceptors (Lipinski definition) is 7. The van der Waals surface area contributed by atoms with Gasteiger partial charge in [0.2, 0.25) is 5.13 Å². The maximum atomic E-state index is 4.82. The van der Waals surface area contributed by atoms with Crippen LogP contribution in [0.2, 0.25) is 0 Å². The predicted molar refractivity (Wildman–Crippen MR) is 86.9 cm³/mol. The van der Waals surface area contributed by atoms with Crippen molar-refractivity contribution in [1.29, 1.82) is 0 Å². The van der Waals surface area contributed by atoms with Crippen molar-refractivity contribution in [3.05, 3.63) is 28.7 Å². The van der Waals surface area contributed by atoms with Crippen LogP contribution >= 0.6 is 11.3 Å². The van der Waals surface area contributed by atoms with E-state index in [1.165, 1.54) is 17.7 Å². The molecule has 3 aromatic rings. The normalized spacial score (nSPS) is 18.7. The molecule has 3 aromatic heterocycles. The van der Waals surface area contributed by atoms with Crippen LogP contribution < -0.4 is 4.90 Å². The number of aromatic nitrogens is 6. The minimum Gasteiger partial charge on any atom is -0.347 e. The minimum absolute atomic E-state index is 0.418. The van der Waals surface area contributed by atoms with E-state index in [2.05, 4.69) is 31.4 Å². The van der Waals surface area contributed by atoms with E-state index in [0.29, 0.717) is 5.92 Å². The quantitative estimate of drug-likeness (QED) is 0.715. The van der Waals surface area contributed by atoms with Crippen molar-refractivity contribution < 1.29 is 0 Å². The third-order valence-corrected chi connectivity index (χ3v) is 5.67. The van der Waals surface area contributed by atoms with E-state index in [-0.39, 0.29) is 0 Å². The standard InChI is InChI=1S/C15H17N7S/c1-2-11-8-13-17-18-14(22(13)20-12(11)3-1)10-4-6-21(7-5-10)15-19-16-9-23-15/h8-10H,1-7H2. The van der Waals surface area contributed by atoms with E-state index in [1.54, 1.807) is 16.8 Å². The minimum atomic E-state index is 0.418. The van der Waals surface area contributed by atoms with Crippen molar-refractivity contribution >= 4 is 22.1 Å². The van der Waals surface area contributed by atoms with Gasteiger partial charge in [-0.15, -0.1) is 20.4 Å². The van der Waals surface area contributed by atoms with Crippen molar-refractivity contribution in [2.24, 2.45) is 0 Å². The number of nitrogens with zero attached hydrogens (tertiary/aromatic N) is 7. The van der Waals surface area contributed by atoms with Gasteiger partial charge in [-0.1, -0.05) is 11.3 Å². The lowest BCUT2D eigenvalue weighted by atomic mass is 9.96. The molecule has 1 aliphatic heterocycles. The maximum absolute atomic E-state index is 4.82. The molecular weight excluding hydrogens is 310 g/mol. The summed E-state index contributed by atoms with van der Waals surface area (Å²) >= 11 is 1.60. The van der Waals surface area contributed by atoms with Crippen LogP contribution in [0.15, 0.2) is 11.6 Å². The Morgan fingerprint density at radius 1 is 1.09 bits per heavy atom. The second kappa shape index (κ2) is 5.23. The van der Waals surface area contributed by atoms with E-state index in [1.807, 2.05) is 4.52 Å². The van der Waals surface area contributed by atoms with Crippen molar-refractivity contribution in [1.82, 2.24) is 30.0 Å². The number of hydrogen-bond donors (Lipinski definition) is 0. The molecule has 1 aliphatic carbocycles. The first kappa shape index (κ1) is 13.4. The van der Waals surface area contributed by atoms with E-state index < -0.39 is 0 Å². The van der Waals surface area contributed by atoms with Crippen LogP contribution in [0.25, 0.3) is 5.65 Å². The number of fused-ring (bicyclic) bond motifs is 2. The zero-order valence-electron chi connectivity index (χ0n) is 12.7. The molecule has 5 rings (SSSR count). The van der Waals surface area contributed by atoms with Crippen LogP contribution in [0.1, 0.15) is 42.3 Å². The topological polar surface area (TPSA) is 72.1 Å². The Hall–Kier alpha value is -2.09. The monoisotopic (exact) mass is 327 g/mol. The summed E-state index contributed by atoms with van der Waals surface area (Å²) in [4.78, 5) is 2.31. The molecule has 8 heteroatoms. The Labute approximate surface area is 137 Å². The molecule has 4 heterocycles. The van der Waals surface area contributed by atoms with Crippen molar-refractivity contribution in [2.75, 3.05) is 18.0 Å². The summed E-state index contributed by atoms with van der Waals surface area (Å²) in [5.74, 6) is 1.44. The van der Waals surface area contributed by atoms with Crippen LogP contribution in [0.5, 0.6) is 0 Å². The summed E-state index contributed by atoms with van der Waals surface area (Å²) in [6.07, 6.45) is 5.52. The average molecular weight is 327 g/mol. The number of anilines is 1. The molecule has 1 saturated heterocycles. The molecule has 0 amide bonds. The molecule has 1 fully saturated rings. The molecule has 0 atom stereocenters. The molecule has 0 spiro atoms.